The number of nitrogens with zero attached hydrogens (tertiary/aromatic N) is 1. The van der Waals surface area contributed by atoms with E-state index in [1.54, 1.807) is 24.3 Å². The summed E-state index contributed by atoms with van der Waals surface area (Å²) in [6, 6.07) is 16.4. The molecule has 40 heavy (non-hydrogen) atoms. The molecule has 0 aliphatic heterocycles. The van der Waals surface area contributed by atoms with Crippen molar-refractivity contribution >= 4 is 45.0 Å². The summed E-state index contributed by atoms with van der Waals surface area (Å²) in [6.07, 6.45) is 1.29. The molecule has 0 bridgehead atoms. The van der Waals surface area contributed by atoms with Gasteiger partial charge >= 0.3 is 11.9 Å². The molecule has 8 nitrogen and oxygen atoms in total. The number of pyridine rings is 1. The number of hydrogen-bond acceptors (Lipinski definition) is 7. The molecule has 0 spiro atoms. The maximum atomic E-state index is 13.6. The first-order valence-corrected chi connectivity index (χ1v) is 13.9. The Labute approximate surface area is 235 Å². The number of fused-ring (bicyclic) bond motifs is 2. The van der Waals surface area contributed by atoms with Gasteiger partial charge in [-0.2, -0.15) is 0 Å². The Kier molecular flexibility index (Phi) is 7.58. The third-order valence-corrected chi connectivity index (χ3v) is 8.52. The van der Waals surface area contributed by atoms with Crippen LogP contribution in [0.3, 0.4) is 0 Å². The van der Waals surface area contributed by atoms with Gasteiger partial charge in [0.25, 0.3) is 11.5 Å². The number of amides is 1. The number of anilines is 1. The molecule has 4 aromatic rings. The van der Waals surface area contributed by atoms with Crippen LogP contribution in [0.15, 0.2) is 59.4 Å². The summed E-state index contributed by atoms with van der Waals surface area (Å²) in [4.78, 5) is 53.7. The second-order valence-electron chi connectivity index (χ2n) is 10.1. The lowest BCUT2D eigenvalue weighted by molar-refractivity contribution is -0.123. The van der Waals surface area contributed by atoms with E-state index in [2.05, 4.69) is 12.2 Å². The van der Waals surface area contributed by atoms with Crippen LogP contribution in [0.4, 0.5) is 5.00 Å². The molecule has 2 atom stereocenters. The molecule has 206 valence electrons. The minimum atomic E-state index is -1.21. The van der Waals surface area contributed by atoms with Crippen LogP contribution in [0.25, 0.3) is 21.9 Å². The van der Waals surface area contributed by atoms with Gasteiger partial charge in [0.1, 0.15) is 10.7 Å². The number of carbonyl (C=O) groups excluding carboxylic acids is 3. The number of rotatable bonds is 6. The number of hydrogen-bond donors (Lipinski definition) is 1. The molecule has 0 saturated carbocycles. The zero-order valence-electron chi connectivity index (χ0n) is 22.8. The lowest BCUT2D eigenvalue weighted by Crippen LogP contribution is -2.33. The van der Waals surface area contributed by atoms with Crippen LogP contribution in [-0.2, 0) is 34.2 Å². The summed E-state index contributed by atoms with van der Waals surface area (Å²) in [5.41, 5.74) is 2.26. The molecule has 0 fully saturated rings. The Morgan fingerprint density at radius 2 is 1.70 bits per heavy atom. The summed E-state index contributed by atoms with van der Waals surface area (Å²) < 4.78 is 11.9. The second-order valence-corrected chi connectivity index (χ2v) is 11.2. The van der Waals surface area contributed by atoms with Gasteiger partial charge in [0, 0.05) is 22.9 Å². The Hall–Kier alpha value is -4.24. The van der Waals surface area contributed by atoms with E-state index in [1.165, 1.54) is 37.0 Å². The third-order valence-electron chi connectivity index (χ3n) is 7.35. The minimum absolute atomic E-state index is 0.0466. The Bertz CT molecular complexity index is 1690. The van der Waals surface area contributed by atoms with Crippen molar-refractivity contribution in [1.29, 1.82) is 0 Å². The molecule has 1 N–H and O–H groups in total. The molecule has 2 heterocycles. The number of esters is 2. The average molecular weight is 559 g/mol. The van der Waals surface area contributed by atoms with Gasteiger partial charge in [0.05, 0.1) is 12.7 Å². The third kappa shape index (κ3) is 4.93. The highest BCUT2D eigenvalue weighted by Crippen LogP contribution is 2.40. The molecule has 2 aromatic heterocycles. The highest BCUT2D eigenvalue weighted by molar-refractivity contribution is 7.17. The van der Waals surface area contributed by atoms with E-state index in [1.807, 2.05) is 30.3 Å². The molecule has 1 aliphatic carbocycles. The van der Waals surface area contributed by atoms with Crippen LogP contribution in [0, 0.1) is 5.92 Å². The van der Waals surface area contributed by atoms with E-state index < -0.39 is 23.9 Å². The largest absolute Gasteiger partial charge is 0.465 e. The Morgan fingerprint density at radius 1 is 1.02 bits per heavy atom. The van der Waals surface area contributed by atoms with Crippen LogP contribution >= 0.6 is 11.3 Å². The summed E-state index contributed by atoms with van der Waals surface area (Å²) in [5.74, 6) is -1.42. The van der Waals surface area contributed by atoms with E-state index in [-0.39, 0.29) is 11.3 Å². The fraction of sp³-hybridized carbons (Fsp3) is 0.290. The van der Waals surface area contributed by atoms with Gasteiger partial charge in [-0.1, -0.05) is 55.5 Å². The zero-order valence-corrected chi connectivity index (χ0v) is 23.6. The number of thiophene rings is 1. The van der Waals surface area contributed by atoms with Gasteiger partial charge in [0.15, 0.2) is 6.10 Å². The number of carbonyl (C=O) groups is 3. The lowest BCUT2D eigenvalue weighted by Gasteiger charge is -2.19. The predicted molar refractivity (Wildman–Crippen MR) is 155 cm³/mol. The highest BCUT2D eigenvalue weighted by Gasteiger charge is 2.31. The predicted octanol–water partition coefficient (Wildman–Crippen LogP) is 5.36. The normalized spacial score (nSPS) is 15.2. The topological polar surface area (TPSA) is 104 Å². The van der Waals surface area contributed by atoms with Crippen molar-refractivity contribution in [3.63, 3.8) is 0 Å². The van der Waals surface area contributed by atoms with Gasteiger partial charge in [-0.15, -0.1) is 11.3 Å². The Morgan fingerprint density at radius 3 is 2.40 bits per heavy atom. The minimum Gasteiger partial charge on any atom is -0.465 e. The van der Waals surface area contributed by atoms with E-state index in [0.717, 1.165) is 35.3 Å². The molecule has 2 aromatic carbocycles. The molecule has 1 aliphatic rings. The molecular formula is C31H30N2O6S. The van der Waals surface area contributed by atoms with E-state index in [0.29, 0.717) is 32.8 Å². The summed E-state index contributed by atoms with van der Waals surface area (Å²) in [6.45, 7) is 3.62. The summed E-state index contributed by atoms with van der Waals surface area (Å²) in [5, 5.41) is 4.26. The van der Waals surface area contributed by atoms with Gasteiger partial charge in [-0.3, -0.25) is 9.59 Å². The maximum absolute atomic E-state index is 13.6. The number of nitrogens with one attached hydrogen (secondary N) is 1. The van der Waals surface area contributed by atoms with E-state index >= 15 is 0 Å². The van der Waals surface area contributed by atoms with Crippen molar-refractivity contribution in [2.24, 2.45) is 13.0 Å². The van der Waals surface area contributed by atoms with Gasteiger partial charge in [-0.25, -0.2) is 9.59 Å². The van der Waals surface area contributed by atoms with Crippen molar-refractivity contribution in [3.8, 4) is 11.1 Å². The fourth-order valence-corrected chi connectivity index (χ4v) is 6.64. The van der Waals surface area contributed by atoms with Crippen LogP contribution < -0.4 is 10.9 Å². The Balaban J connectivity index is 1.47. The molecule has 0 radical (unpaired) electrons. The number of ether oxygens (including phenoxy) is 2. The standard InChI is InChI=1S/C31H30N2O6S/c1-17-14-15-22-23(16-17)40-28(25(22)30(36)38-4)32-27(34)18(2)39-31(37)26-24(19-10-6-5-7-11-19)20-12-8-9-13-21(20)29(35)33(26)3/h5-13,17-18H,14-16H2,1-4H3,(H,32,34). The van der Waals surface area contributed by atoms with Crippen molar-refractivity contribution in [2.45, 2.75) is 39.2 Å². The zero-order chi connectivity index (χ0) is 28.6. The van der Waals surface area contributed by atoms with Gasteiger partial charge in [-0.05, 0) is 54.7 Å². The lowest BCUT2D eigenvalue weighted by atomic mass is 9.88. The number of aromatic nitrogens is 1. The van der Waals surface area contributed by atoms with Crippen molar-refractivity contribution < 1.29 is 23.9 Å². The summed E-state index contributed by atoms with van der Waals surface area (Å²) in [7, 11) is 2.83. The first-order valence-electron chi connectivity index (χ1n) is 13.1. The van der Waals surface area contributed by atoms with Crippen molar-refractivity contribution in [3.05, 3.63) is 86.6 Å². The van der Waals surface area contributed by atoms with Crippen LogP contribution in [0.2, 0.25) is 0 Å². The number of methoxy groups -OCH3 is 1. The van der Waals surface area contributed by atoms with Crippen LogP contribution in [-0.4, -0.2) is 35.6 Å². The molecule has 5 rings (SSSR count). The molecule has 2 unspecified atom stereocenters. The maximum Gasteiger partial charge on any atom is 0.356 e. The van der Waals surface area contributed by atoms with Gasteiger partial charge < -0.3 is 19.4 Å². The molecule has 0 saturated heterocycles. The van der Waals surface area contributed by atoms with Crippen LogP contribution in [0.1, 0.15) is 51.6 Å². The molecular weight excluding hydrogens is 528 g/mol. The first-order chi connectivity index (χ1) is 19.2. The van der Waals surface area contributed by atoms with E-state index in [9.17, 15) is 19.2 Å². The average Bonchev–Trinajstić information content (AvgIpc) is 3.31. The quantitative estimate of drug-likeness (QED) is 0.320. The molecule has 9 heteroatoms. The van der Waals surface area contributed by atoms with Gasteiger partial charge in [0.2, 0.25) is 0 Å². The van der Waals surface area contributed by atoms with E-state index in [4.69, 9.17) is 9.47 Å². The fourth-order valence-electron chi connectivity index (χ4n) is 5.24. The number of benzene rings is 2. The smallest absolute Gasteiger partial charge is 0.356 e. The monoisotopic (exact) mass is 558 g/mol. The molecule has 1 amide bonds. The van der Waals surface area contributed by atoms with Crippen molar-refractivity contribution in [1.82, 2.24) is 4.57 Å². The highest BCUT2D eigenvalue weighted by atomic mass is 32.1. The van der Waals surface area contributed by atoms with Crippen LogP contribution in [0.5, 0.6) is 0 Å². The van der Waals surface area contributed by atoms with Crippen molar-refractivity contribution in [2.75, 3.05) is 12.4 Å². The summed E-state index contributed by atoms with van der Waals surface area (Å²) >= 11 is 1.36. The first kappa shape index (κ1) is 27.3. The SMILES string of the molecule is COC(=O)c1c(NC(=O)C(C)OC(=O)c2c(-c3ccccc3)c3ccccc3c(=O)n2C)sc2c1CCC(C)C2. The second kappa shape index (κ2) is 11.1.